The number of hydrogen-bond acceptors (Lipinski definition) is 3. The molecular formula is C15H20O3. The van der Waals surface area contributed by atoms with Crippen LogP contribution in [0.4, 0.5) is 0 Å². The van der Waals surface area contributed by atoms with Gasteiger partial charge in [-0.15, -0.1) is 0 Å². The summed E-state index contributed by atoms with van der Waals surface area (Å²) in [6, 6.07) is 10.2. The minimum atomic E-state index is -0.282. The van der Waals surface area contributed by atoms with Gasteiger partial charge in [-0.05, 0) is 5.56 Å². The van der Waals surface area contributed by atoms with Crippen molar-refractivity contribution in [2.45, 2.75) is 25.4 Å². The number of rotatable bonds is 4. The van der Waals surface area contributed by atoms with Crippen LogP contribution in [0.5, 0.6) is 0 Å². The topological polar surface area (TPSA) is 27.7 Å². The molecule has 98 valence electrons. The molecule has 0 radical (unpaired) electrons. The third-order valence-corrected chi connectivity index (χ3v) is 3.38. The standard InChI is InChI=1S/C15H20O3/c1-11-13(18-15(17-3)14(11)16-2)10-9-12-7-5-4-6-8-12/h4-11,13-15H,1-3H3/b10-9+/t11-,13-,14-,15?/m1/s1. The Balaban J connectivity index is 2.04. The Kier molecular flexibility index (Phi) is 4.53. The Labute approximate surface area is 108 Å². The Morgan fingerprint density at radius 3 is 2.39 bits per heavy atom. The third kappa shape index (κ3) is 2.80. The molecular weight excluding hydrogens is 228 g/mol. The number of ether oxygens (including phenoxy) is 3. The minimum absolute atomic E-state index is 0.0135. The fourth-order valence-corrected chi connectivity index (χ4v) is 2.30. The Morgan fingerprint density at radius 1 is 1.11 bits per heavy atom. The smallest absolute Gasteiger partial charge is 0.184 e. The first-order valence-corrected chi connectivity index (χ1v) is 6.20. The summed E-state index contributed by atoms with van der Waals surface area (Å²) in [7, 11) is 3.34. The molecule has 0 amide bonds. The summed E-state index contributed by atoms with van der Waals surface area (Å²) in [6.45, 7) is 2.12. The lowest BCUT2D eigenvalue weighted by atomic mass is 10.00. The monoisotopic (exact) mass is 248 g/mol. The molecule has 0 spiro atoms. The Bertz CT molecular complexity index is 388. The molecule has 1 saturated heterocycles. The van der Waals surface area contributed by atoms with E-state index in [-0.39, 0.29) is 24.4 Å². The van der Waals surface area contributed by atoms with Crippen LogP contribution in [-0.2, 0) is 14.2 Å². The summed E-state index contributed by atoms with van der Waals surface area (Å²) in [6.07, 6.45) is 3.88. The number of methoxy groups -OCH3 is 2. The minimum Gasteiger partial charge on any atom is -0.376 e. The maximum atomic E-state index is 5.81. The van der Waals surface area contributed by atoms with Crippen molar-refractivity contribution in [1.82, 2.24) is 0 Å². The highest BCUT2D eigenvalue weighted by molar-refractivity contribution is 5.49. The predicted octanol–water partition coefficient (Wildman–Crippen LogP) is 2.72. The largest absolute Gasteiger partial charge is 0.376 e. The van der Waals surface area contributed by atoms with E-state index in [1.165, 1.54) is 5.56 Å². The van der Waals surface area contributed by atoms with Crippen LogP contribution < -0.4 is 0 Å². The Morgan fingerprint density at radius 2 is 1.83 bits per heavy atom. The van der Waals surface area contributed by atoms with E-state index in [1.807, 2.05) is 18.2 Å². The van der Waals surface area contributed by atoms with E-state index in [0.29, 0.717) is 0 Å². The second kappa shape index (κ2) is 6.14. The van der Waals surface area contributed by atoms with Gasteiger partial charge in [0.2, 0.25) is 0 Å². The lowest BCUT2D eigenvalue weighted by Gasteiger charge is -2.17. The summed E-state index contributed by atoms with van der Waals surface area (Å²) in [5, 5.41) is 0. The first-order chi connectivity index (χ1) is 8.76. The molecule has 1 fully saturated rings. The van der Waals surface area contributed by atoms with Crippen molar-refractivity contribution >= 4 is 6.08 Å². The normalized spacial score (nSPS) is 32.2. The molecule has 1 aromatic rings. The van der Waals surface area contributed by atoms with E-state index in [9.17, 15) is 0 Å². The maximum Gasteiger partial charge on any atom is 0.184 e. The fourth-order valence-electron chi connectivity index (χ4n) is 2.30. The van der Waals surface area contributed by atoms with E-state index in [0.717, 1.165) is 0 Å². The van der Waals surface area contributed by atoms with Crippen LogP contribution >= 0.6 is 0 Å². The number of benzene rings is 1. The van der Waals surface area contributed by atoms with E-state index in [2.05, 4.69) is 31.2 Å². The van der Waals surface area contributed by atoms with Gasteiger partial charge in [-0.1, -0.05) is 49.4 Å². The van der Waals surface area contributed by atoms with Gasteiger partial charge in [0.05, 0.1) is 6.10 Å². The van der Waals surface area contributed by atoms with Gasteiger partial charge in [-0.3, -0.25) is 0 Å². The zero-order valence-electron chi connectivity index (χ0n) is 11.1. The molecule has 4 atom stereocenters. The summed E-state index contributed by atoms with van der Waals surface area (Å²) in [5.74, 6) is 0.278. The van der Waals surface area contributed by atoms with E-state index >= 15 is 0 Å². The third-order valence-electron chi connectivity index (χ3n) is 3.38. The molecule has 1 aliphatic rings. The Hall–Kier alpha value is -1.16. The first kappa shape index (κ1) is 13.3. The molecule has 1 heterocycles. The molecule has 3 heteroatoms. The van der Waals surface area contributed by atoms with Gasteiger partial charge in [0.15, 0.2) is 6.29 Å². The fraction of sp³-hybridized carbons (Fsp3) is 0.467. The highest BCUT2D eigenvalue weighted by Crippen LogP contribution is 2.30. The molecule has 3 nitrogen and oxygen atoms in total. The van der Waals surface area contributed by atoms with Crippen molar-refractivity contribution in [3.05, 3.63) is 42.0 Å². The molecule has 0 N–H and O–H groups in total. The summed E-state index contributed by atoms with van der Waals surface area (Å²) < 4.78 is 16.5. The molecule has 0 aromatic heterocycles. The van der Waals surface area contributed by atoms with Gasteiger partial charge in [0.25, 0.3) is 0 Å². The van der Waals surface area contributed by atoms with E-state index < -0.39 is 0 Å². The van der Waals surface area contributed by atoms with Crippen molar-refractivity contribution in [3.63, 3.8) is 0 Å². The van der Waals surface area contributed by atoms with Gasteiger partial charge >= 0.3 is 0 Å². The van der Waals surface area contributed by atoms with Gasteiger partial charge in [0.1, 0.15) is 6.10 Å². The molecule has 1 aliphatic heterocycles. The highest BCUT2D eigenvalue weighted by atomic mass is 16.7. The molecule has 1 aromatic carbocycles. The second-order valence-corrected chi connectivity index (χ2v) is 4.53. The summed E-state index contributed by atoms with van der Waals surface area (Å²) in [5.41, 5.74) is 1.17. The van der Waals surface area contributed by atoms with Crippen LogP contribution in [0, 0.1) is 5.92 Å². The van der Waals surface area contributed by atoms with Crippen molar-refractivity contribution in [3.8, 4) is 0 Å². The predicted molar refractivity (Wildman–Crippen MR) is 71.1 cm³/mol. The SMILES string of the molecule is COC1O[C@H](/C=C/c2ccccc2)[C@@H](C)[C@H]1OC. The molecule has 18 heavy (non-hydrogen) atoms. The van der Waals surface area contributed by atoms with Crippen LogP contribution in [0.1, 0.15) is 12.5 Å². The van der Waals surface area contributed by atoms with Crippen LogP contribution in [0.25, 0.3) is 6.08 Å². The van der Waals surface area contributed by atoms with Crippen LogP contribution in [0.3, 0.4) is 0 Å². The zero-order valence-corrected chi connectivity index (χ0v) is 11.1. The number of hydrogen-bond donors (Lipinski definition) is 0. The average Bonchev–Trinajstić information content (AvgIpc) is 2.73. The van der Waals surface area contributed by atoms with E-state index in [4.69, 9.17) is 14.2 Å². The van der Waals surface area contributed by atoms with Gasteiger partial charge in [-0.25, -0.2) is 0 Å². The lowest BCUT2D eigenvalue weighted by molar-refractivity contribution is -0.149. The summed E-state index contributed by atoms with van der Waals surface area (Å²) in [4.78, 5) is 0. The van der Waals surface area contributed by atoms with Crippen LogP contribution in [0.15, 0.2) is 36.4 Å². The van der Waals surface area contributed by atoms with Gasteiger partial charge < -0.3 is 14.2 Å². The van der Waals surface area contributed by atoms with Crippen molar-refractivity contribution in [2.75, 3.05) is 14.2 Å². The van der Waals surface area contributed by atoms with Gasteiger partial charge in [-0.2, -0.15) is 0 Å². The van der Waals surface area contributed by atoms with Crippen molar-refractivity contribution in [1.29, 1.82) is 0 Å². The molecule has 0 bridgehead atoms. The van der Waals surface area contributed by atoms with Crippen molar-refractivity contribution < 1.29 is 14.2 Å². The molecule has 1 unspecified atom stereocenters. The first-order valence-electron chi connectivity index (χ1n) is 6.20. The highest BCUT2D eigenvalue weighted by Gasteiger charge is 2.41. The van der Waals surface area contributed by atoms with E-state index in [1.54, 1.807) is 14.2 Å². The molecule has 0 aliphatic carbocycles. The van der Waals surface area contributed by atoms with Gasteiger partial charge in [0, 0.05) is 20.1 Å². The van der Waals surface area contributed by atoms with Crippen LogP contribution in [-0.4, -0.2) is 32.7 Å². The molecule has 0 saturated carbocycles. The maximum absolute atomic E-state index is 5.81. The van der Waals surface area contributed by atoms with Crippen molar-refractivity contribution in [2.24, 2.45) is 5.92 Å². The zero-order chi connectivity index (χ0) is 13.0. The quantitative estimate of drug-likeness (QED) is 0.820. The second-order valence-electron chi connectivity index (χ2n) is 4.53. The molecule has 2 rings (SSSR count). The summed E-state index contributed by atoms with van der Waals surface area (Å²) >= 11 is 0. The lowest BCUT2D eigenvalue weighted by Crippen LogP contribution is -2.29. The van der Waals surface area contributed by atoms with Crippen LogP contribution in [0.2, 0.25) is 0 Å². The average molecular weight is 248 g/mol.